The molecule has 1 aromatic rings. The van der Waals surface area contributed by atoms with E-state index >= 15 is 0 Å². The summed E-state index contributed by atoms with van der Waals surface area (Å²) < 4.78 is 0. The number of amides is 2. The molecule has 2 aliphatic heterocycles. The Labute approximate surface area is 137 Å². The molecule has 1 aromatic carbocycles. The second-order valence-corrected chi connectivity index (χ2v) is 7.52. The van der Waals surface area contributed by atoms with Crippen LogP contribution < -0.4 is 5.32 Å². The Bertz CT molecular complexity index is 685. The Hall–Kier alpha value is -2.10. The molecule has 1 fully saturated rings. The molecule has 2 aliphatic rings. The van der Waals surface area contributed by atoms with Gasteiger partial charge in [-0.1, -0.05) is 39.5 Å². The first-order valence-corrected chi connectivity index (χ1v) is 8.20. The average molecular weight is 312 g/mol. The number of piperidine rings is 1. The molecule has 4 heteroatoms. The van der Waals surface area contributed by atoms with Gasteiger partial charge in [-0.2, -0.15) is 0 Å². The molecule has 3 rings (SSSR count). The Morgan fingerprint density at radius 2 is 1.96 bits per heavy atom. The summed E-state index contributed by atoms with van der Waals surface area (Å²) in [6, 6.07) is 5.80. The third-order valence-electron chi connectivity index (χ3n) is 4.79. The second-order valence-electron chi connectivity index (χ2n) is 7.52. The summed E-state index contributed by atoms with van der Waals surface area (Å²) in [6.07, 6.45) is 2.19. The lowest BCUT2D eigenvalue weighted by atomic mass is 9.83. The summed E-state index contributed by atoms with van der Waals surface area (Å²) in [5.41, 5.74) is 3.72. The number of rotatable bonds is 1. The molecule has 2 heterocycles. The maximum atomic E-state index is 12.9. The highest BCUT2D eigenvalue weighted by molar-refractivity contribution is 6.00. The predicted molar refractivity (Wildman–Crippen MR) is 90.2 cm³/mol. The van der Waals surface area contributed by atoms with Crippen molar-refractivity contribution in [3.63, 3.8) is 0 Å². The van der Waals surface area contributed by atoms with Crippen LogP contribution in [0.25, 0.3) is 0 Å². The molecule has 122 valence electrons. The van der Waals surface area contributed by atoms with E-state index in [0.717, 1.165) is 35.2 Å². The van der Waals surface area contributed by atoms with Gasteiger partial charge in [-0.15, -0.1) is 0 Å². The number of nitrogens with zero attached hydrogens (tertiary/aromatic N) is 1. The fourth-order valence-corrected chi connectivity index (χ4v) is 3.31. The zero-order valence-electron chi connectivity index (χ0n) is 14.1. The number of carbonyl (C=O) groups excluding carboxylic acids is 2. The van der Waals surface area contributed by atoms with Crippen LogP contribution in [-0.2, 0) is 16.6 Å². The largest absolute Gasteiger partial charge is 0.329 e. The molecule has 0 aromatic heterocycles. The molecule has 0 spiro atoms. The first kappa shape index (κ1) is 15.8. The van der Waals surface area contributed by atoms with Gasteiger partial charge >= 0.3 is 0 Å². The summed E-state index contributed by atoms with van der Waals surface area (Å²) in [5, 5.41) is 2.78. The predicted octanol–water partition coefficient (Wildman–Crippen LogP) is 2.77. The van der Waals surface area contributed by atoms with Crippen LogP contribution in [0, 0.1) is 0 Å². The first-order valence-electron chi connectivity index (χ1n) is 8.20. The quantitative estimate of drug-likeness (QED) is 0.867. The Balaban J connectivity index is 1.91. The number of nitrogens with one attached hydrogen (secondary N) is 1. The minimum absolute atomic E-state index is 0.00244. The van der Waals surface area contributed by atoms with Gasteiger partial charge in [0.1, 0.15) is 6.04 Å². The number of hydrogen-bond donors (Lipinski definition) is 1. The second kappa shape index (κ2) is 5.52. The number of carbonyl (C=O) groups is 2. The Morgan fingerprint density at radius 1 is 1.22 bits per heavy atom. The highest BCUT2D eigenvalue weighted by Gasteiger charge is 2.36. The van der Waals surface area contributed by atoms with Gasteiger partial charge in [-0.05, 0) is 41.9 Å². The van der Waals surface area contributed by atoms with E-state index in [9.17, 15) is 9.59 Å². The van der Waals surface area contributed by atoms with Crippen LogP contribution in [0.2, 0.25) is 0 Å². The average Bonchev–Trinajstić information content (AvgIpc) is 2.47. The molecule has 23 heavy (non-hydrogen) atoms. The standard InChI is InChI=1S/C19H24N2O2/c1-12-5-8-16(17(22)20-12)21-10-9-13-6-7-14(19(2,3)4)11-15(13)18(21)23/h6-7,11,16H,1,5,8-10H2,2-4H3,(H,20,22). The van der Waals surface area contributed by atoms with Gasteiger partial charge in [0.05, 0.1) is 0 Å². The zero-order chi connectivity index (χ0) is 16.8. The van der Waals surface area contributed by atoms with Crippen molar-refractivity contribution in [2.45, 2.75) is 51.5 Å². The lowest BCUT2D eigenvalue weighted by Gasteiger charge is -2.37. The minimum atomic E-state index is -0.376. The maximum Gasteiger partial charge on any atom is 0.254 e. The van der Waals surface area contributed by atoms with E-state index in [-0.39, 0.29) is 23.3 Å². The van der Waals surface area contributed by atoms with Crippen molar-refractivity contribution in [3.8, 4) is 0 Å². The smallest absolute Gasteiger partial charge is 0.254 e. The van der Waals surface area contributed by atoms with Crippen molar-refractivity contribution in [1.82, 2.24) is 10.2 Å². The van der Waals surface area contributed by atoms with Gasteiger partial charge in [-0.3, -0.25) is 9.59 Å². The van der Waals surface area contributed by atoms with Crippen LogP contribution in [0.3, 0.4) is 0 Å². The summed E-state index contributed by atoms with van der Waals surface area (Å²) >= 11 is 0. The van der Waals surface area contributed by atoms with E-state index in [0.29, 0.717) is 13.0 Å². The lowest BCUT2D eigenvalue weighted by Crippen LogP contribution is -2.53. The zero-order valence-corrected chi connectivity index (χ0v) is 14.1. The topological polar surface area (TPSA) is 49.4 Å². The van der Waals surface area contributed by atoms with Crippen molar-refractivity contribution in [3.05, 3.63) is 47.2 Å². The van der Waals surface area contributed by atoms with Gasteiger partial charge in [-0.25, -0.2) is 0 Å². The van der Waals surface area contributed by atoms with Gasteiger partial charge in [0.15, 0.2) is 0 Å². The molecule has 1 unspecified atom stereocenters. The normalized spacial score (nSPS) is 22.0. The highest BCUT2D eigenvalue weighted by Crippen LogP contribution is 2.29. The lowest BCUT2D eigenvalue weighted by molar-refractivity contribution is -0.126. The Kier molecular flexibility index (Phi) is 3.78. The van der Waals surface area contributed by atoms with Gasteiger partial charge in [0.2, 0.25) is 5.91 Å². The van der Waals surface area contributed by atoms with E-state index < -0.39 is 0 Å². The van der Waals surface area contributed by atoms with Gasteiger partial charge < -0.3 is 10.2 Å². The highest BCUT2D eigenvalue weighted by atomic mass is 16.2. The minimum Gasteiger partial charge on any atom is -0.329 e. The molecule has 0 aliphatic carbocycles. The number of allylic oxidation sites excluding steroid dienone is 1. The van der Waals surface area contributed by atoms with Crippen LogP contribution in [-0.4, -0.2) is 29.3 Å². The molecular formula is C19H24N2O2. The molecular weight excluding hydrogens is 288 g/mol. The van der Waals surface area contributed by atoms with Crippen LogP contribution >= 0.6 is 0 Å². The molecule has 0 bridgehead atoms. The molecule has 4 nitrogen and oxygen atoms in total. The van der Waals surface area contributed by atoms with E-state index in [1.807, 2.05) is 6.07 Å². The van der Waals surface area contributed by atoms with Crippen molar-refractivity contribution in [2.75, 3.05) is 6.54 Å². The van der Waals surface area contributed by atoms with Crippen LogP contribution in [0.5, 0.6) is 0 Å². The summed E-state index contributed by atoms with van der Waals surface area (Å²) in [7, 11) is 0. The van der Waals surface area contributed by atoms with E-state index in [1.54, 1.807) is 4.90 Å². The fourth-order valence-electron chi connectivity index (χ4n) is 3.31. The maximum absolute atomic E-state index is 12.9. The SMILES string of the molecule is C=C1CCC(N2CCc3ccc(C(C)(C)C)cc3C2=O)C(=O)N1. The number of benzene rings is 1. The van der Waals surface area contributed by atoms with Crippen LogP contribution in [0.1, 0.15) is 55.1 Å². The van der Waals surface area contributed by atoms with Gasteiger partial charge in [0.25, 0.3) is 5.91 Å². The Morgan fingerprint density at radius 3 is 2.61 bits per heavy atom. The van der Waals surface area contributed by atoms with Crippen molar-refractivity contribution in [2.24, 2.45) is 0 Å². The van der Waals surface area contributed by atoms with Crippen molar-refractivity contribution >= 4 is 11.8 Å². The number of fused-ring (bicyclic) bond motifs is 1. The van der Waals surface area contributed by atoms with Gasteiger partial charge in [0, 0.05) is 17.8 Å². The molecule has 1 atom stereocenters. The van der Waals surface area contributed by atoms with E-state index in [2.05, 4.69) is 44.8 Å². The van der Waals surface area contributed by atoms with Crippen molar-refractivity contribution in [1.29, 1.82) is 0 Å². The van der Waals surface area contributed by atoms with E-state index in [4.69, 9.17) is 0 Å². The van der Waals surface area contributed by atoms with Crippen molar-refractivity contribution < 1.29 is 9.59 Å². The number of hydrogen-bond acceptors (Lipinski definition) is 2. The monoisotopic (exact) mass is 312 g/mol. The van der Waals surface area contributed by atoms with Crippen LogP contribution in [0.4, 0.5) is 0 Å². The first-order chi connectivity index (χ1) is 10.8. The summed E-state index contributed by atoms with van der Waals surface area (Å²) in [5.74, 6) is -0.130. The molecule has 2 amide bonds. The molecule has 0 saturated carbocycles. The molecule has 1 saturated heterocycles. The molecule has 1 N–H and O–H groups in total. The summed E-state index contributed by atoms with van der Waals surface area (Å²) in [4.78, 5) is 26.9. The third kappa shape index (κ3) is 2.90. The third-order valence-corrected chi connectivity index (χ3v) is 4.79. The summed E-state index contributed by atoms with van der Waals surface area (Å²) in [6.45, 7) is 10.8. The molecule has 0 radical (unpaired) electrons. The van der Waals surface area contributed by atoms with E-state index in [1.165, 1.54) is 0 Å². The van der Waals surface area contributed by atoms with Crippen LogP contribution in [0.15, 0.2) is 30.5 Å². The fraction of sp³-hybridized carbons (Fsp3) is 0.474.